The van der Waals surface area contributed by atoms with E-state index in [0.717, 1.165) is 24.3 Å². The van der Waals surface area contributed by atoms with Gasteiger partial charge in [0, 0.05) is 42.3 Å². The first-order chi connectivity index (χ1) is 20.8. The summed E-state index contributed by atoms with van der Waals surface area (Å²) in [5, 5.41) is 24.1. The minimum absolute atomic E-state index is 0.0137. The summed E-state index contributed by atoms with van der Waals surface area (Å²) in [5.74, 6) is -3.15. The lowest BCUT2D eigenvalue weighted by molar-refractivity contribution is -0.384. The van der Waals surface area contributed by atoms with Crippen LogP contribution < -0.4 is 20.5 Å². The van der Waals surface area contributed by atoms with Gasteiger partial charge in [-0.1, -0.05) is 15.9 Å². The maximum atomic E-state index is 13.9. The zero-order valence-electron chi connectivity index (χ0n) is 22.9. The van der Waals surface area contributed by atoms with Gasteiger partial charge in [0.2, 0.25) is 0 Å². The van der Waals surface area contributed by atoms with Gasteiger partial charge in [-0.25, -0.2) is 17.5 Å². The first kappa shape index (κ1) is 32.6. The van der Waals surface area contributed by atoms with Gasteiger partial charge in [-0.05, 0) is 42.5 Å². The molecular formula is C27H27BrFN5O9S. The molecule has 1 heterocycles. The molecule has 1 amide bonds. The molecular weight excluding hydrogens is 669 g/mol. The number of sulfonamides is 1. The number of nitro benzene ring substituents is 1. The third-order valence-corrected chi connectivity index (χ3v) is 8.28. The van der Waals surface area contributed by atoms with E-state index in [1.807, 2.05) is 9.62 Å². The Morgan fingerprint density at radius 1 is 1.16 bits per heavy atom. The minimum atomic E-state index is -4.65. The second kappa shape index (κ2) is 14.0. The first-order valence-electron chi connectivity index (χ1n) is 13.0. The van der Waals surface area contributed by atoms with Crippen molar-refractivity contribution in [1.82, 2.24) is 9.62 Å². The lowest BCUT2D eigenvalue weighted by atomic mass is 10.1. The SMILES string of the molecule is Nc1ccc(Oc2cc(Br)ccc2C(=O)NS(=O)(=O)c2ccc(N[C@@H](CC(=O)O)CN3CCOCC3)c([N+](=O)[O-])c2)cc1F. The molecule has 1 aliphatic rings. The van der Waals surface area contributed by atoms with Crippen molar-refractivity contribution in [3.05, 3.63) is 80.6 Å². The van der Waals surface area contributed by atoms with E-state index in [9.17, 15) is 37.6 Å². The number of amides is 1. The number of rotatable bonds is 12. The number of carboxylic acid groups (broad SMARTS) is 1. The molecule has 0 bridgehead atoms. The highest BCUT2D eigenvalue weighted by Crippen LogP contribution is 2.32. The Kier molecular flexibility index (Phi) is 10.4. The standard InChI is InChI=1S/C27H27BrFN5O9S/c28-16-1-4-20(25(11-16)43-18-2-5-22(30)21(29)13-18)27(37)32-44(40,41)19-3-6-23(24(14-19)34(38)39)31-17(12-26(35)36)15-33-7-9-42-10-8-33/h1-6,11,13-14,17,31H,7-10,12,15,30H2,(H,32,37)(H,35,36)/t17-/m0/s1. The van der Waals surface area contributed by atoms with Gasteiger partial charge in [-0.15, -0.1) is 0 Å². The van der Waals surface area contributed by atoms with Crippen molar-refractivity contribution in [3.8, 4) is 11.5 Å². The maximum absolute atomic E-state index is 13.9. The van der Waals surface area contributed by atoms with E-state index in [1.54, 1.807) is 0 Å². The van der Waals surface area contributed by atoms with Crippen LogP contribution in [-0.2, 0) is 19.6 Å². The van der Waals surface area contributed by atoms with Gasteiger partial charge in [0.05, 0.1) is 40.7 Å². The van der Waals surface area contributed by atoms with Crippen LogP contribution >= 0.6 is 15.9 Å². The number of aliphatic carboxylic acids is 1. The quantitative estimate of drug-likeness (QED) is 0.122. The van der Waals surface area contributed by atoms with Crippen molar-refractivity contribution in [3.63, 3.8) is 0 Å². The first-order valence-corrected chi connectivity index (χ1v) is 15.3. The number of carboxylic acids is 1. The molecule has 4 rings (SSSR count). The molecule has 0 spiro atoms. The summed E-state index contributed by atoms with van der Waals surface area (Å²) in [6, 6.07) is 9.90. The number of anilines is 2. The molecule has 3 aromatic rings. The van der Waals surface area contributed by atoms with E-state index in [0.29, 0.717) is 30.8 Å². The van der Waals surface area contributed by atoms with E-state index in [1.165, 1.54) is 30.3 Å². The Morgan fingerprint density at radius 3 is 2.55 bits per heavy atom. The van der Waals surface area contributed by atoms with Gasteiger partial charge >= 0.3 is 5.97 Å². The number of halogens is 2. The Hall–Kier alpha value is -4.32. The fraction of sp³-hybridized carbons (Fsp3) is 0.259. The number of carbonyl (C=O) groups excluding carboxylic acids is 1. The summed E-state index contributed by atoms with van der Waals surface area (Å²) in [7, 11) is -4.65. The lowest BCUT2D eigenvalue weighted by Gasteiger charge is -2.30. The largest absolute Gasteiger partial charge is 0.481 e. The molecule has 1 atom stereocenters. The summed E-state index contributed by atoms with van der Waals surface area (Å²) < 4.78 is 53.5. The Morgan fingerprint density at radius 2 is 1.89 bits per heavy atom. The van der Waals surface area contributed by atoms with Crippen molar-refractivity contribution in [2.24, 2.45) is 0 Å². The van der Waals surface area contributed by atoms with E-state index < -0.39 is 49.3 Å². The topological polar surface area (TPSA) is 203 Å². The van der Waals surface area contributed by atoms with Crippen LogP contribution in [0.3, 0.4) is 0 Å². The average Bonchev–Trinajstić information content (AvgIpc) is 2.95. The van der Waals surface area contributed by atoms with Crippen LogP contribution in [0.5, 0.6) is 11.5 Å². The van der Waals surface area contributed by atoms with Crippen LogP contribution in [-0.4, -0.2) is 74.1 Å². The van der Waals surface area contributed by atoms with E-state index in [2.05, 4.69) is 21.2 Å². The normalized spacial score (nSPS) is 14.4. The molecule has 0 aromatic heterocycles. The van der Waals surface area contributed by atoms with Crippen LogP contribution in [0.15, 0.2) is 64.0 Å². The number of nitrogens with one attached hydrogen (secondary N) is 2. The molecule has 44 heavy (non-hydrogen) atoms. The van der Waals surface area contributed by atoms with Gasteiger partial charge in [-0.3, -0.25) is 24.6 Å². The van der Waals surface area contributed by atoms with Crippen molar-refractivity contribution in [1.29, 1.82) is 0 Å². The second-order valence-corrected chi connectivity index (χ2v) is 12.2. The molecule has 1 saturated heterocycles. The van der Waals surface area contributed by atoms with Gasteiger partial charge in [0.1, 0.15) is 23.0 Å². The number of nitrogens with two attached hydrogens (primary N) is 1. The van der Waals surface area contributed by atoms with Gasteiger partial charge in [0.15, 0.2) is 0 Å². The van der Waals surface area contributed by atoms with Crippen LogP contribution in [0.1, 0.15) is 16.8 Å². The summed E-state index contributed by atoms with van der Waals surface area (Å²) in [5.41, 5.74) is 4.38. The molecule has 3 aromatic carbocycles. The van der Waals surface area contributed by atoms with Crippen LogP contribution in [0, 0.1) is 15.9 Å². The molecule has 17 heteroatoms. The fourth-order valence-electron chi connectivity index (χ4n) is 4.34. The number of morpholine rings is 1. The van der Waals surface area contributed by atoms with Crippen LogP contribution in [0.2, 0.25) is 0 Å². The fourth-order valence-corrected chi connectivity index (χ4v) is 5.67. The van der Waals surface area contributed by atoms with E-state index in [-0.39, 0.29) is 41.4 Å². The maximum Gasteiger partial charge on any atom is 0.305 e. The Balaban J connectivity index is 1.57. The van der Waals surface area contributed by atoms with Crippen molar-refractivity contribution in [2.45, 2.75) is 17.4 Å². The number of hydrogen-bond acceptors (Lipinski definition) is 11. The zero-order chi connectivity index (χ0) is 32.0. The molecule has 5 N–H and O–H groups in total. The highest BCUT2D eigenvalue weighted by atomic mass is 79.9. The zero-order valence-corrected chi connectivity index (χ0v) is 25.3. The number of nitrogen functional groups attached to an aromatic ring is 1. The number of nitrogens with zero attached hydrogens (tertiary/aromatic N) is 2. The Labute approximate surface area is 259 Å². The molecule has 1 fully saturated rings. The Bertz CT molecular complexity index is 1690. The summed E-state index contributed by atoms with van der Waals surface area (Å²) in [6.45, 7) is 2.29. The summed E-state index contributed by atoms with van der Waals surface area (Å²) in [4.78, 5) is 37.0. The number of hydrogen-bond donors (Lipinski definition) is 4. The number of carbonyl (C=O) groups is 2. The molecule has 0 unspecified atom stereocenters. The van der Waals surface area contributed by atoms with Gasteiger partial charge in [-0.2, -0.15) is 0 Å². The minimum Gasteiger partial charge on any atom is -0.481 e. The average molecular weight is 697 g/mol. The molecule has 234 valence electrons. The molecule has 1 aliphatic heterocycles. The van der Waals surface area contributed by atoms with E-state index >= 15 is 0 Å². The van der Waals surface area contributed by atoms with E-state index in [4.69, 9.17) is 15.2 Å². The molecule has 14 nitrogen and oxygen atoms in total. The smallest absolute Gasteiger partial charge is 0.305 e. The van der Waals surface area contributed by atoms with Crippen molar-refractivity contribution < 1.29 is 41.9 Å². The summed E-state index contributed by atoms with van der Waals surface area (Å²) >= 11 is 3.23. The summed E-state index contributed by atoms with van der Waals surface area (Å²) in [6.07, 6.45) is -0.356. The van der Waals surface area contributed by atoms with Crippen LogP contribution in [0.4, 0.5) is 21.5 Å². The number of benzene rings is 3. The van der Waals surface area contributed by atoms with Gasteiger partial charge in [0.25, 0.3) is 21.6 Å². The van der Waals surface area contributed by atoms with Gasteiger partial charge < -0.3 is 25.6 Å². The predicted molar refractivity (Wildman–Crippen MR) is 160 cm³/mol. The van der Waals surface area contributed by atoms with Crippen molar-refractivity contribution in [2.75, 3.05) is 43.9 Å². The third-order valence-electron chi connectivity index (χ3n) is 6.45. The van der Waals surface area contributed by atoms with Crippen LogP contribution in [0.25, 0.3) is 0 Å². The second-order valence-electron chi connectivity index (χ2n) is 9.65. The lowest BCUT2D eigenvalue weighted by Crippen LogP contribution is -2.44. The number of ether oxygens (including phenoxy) is 2. The number of nitro groups is 1. The van der Waals surface area contributed by atoms with Crippen molar-refractivity contribution >= 4 is 54.9 Å². The predicted octanol–water partition coefficient (Wildman–Crippen LogP) is 3.58. The molecule has 0 radical (unpaired) electrons. The third kappa shape index (κ3) is 8.40. The highest BCUT2D eigenvalue weighted by molar-refractivity contribution is 9.10. The molecule has 0 saturated carbocycles. The highest BCUT2D eigenvalue weighted by Gasteiger charge is 2.27. The molecule has 0 aliphatic carbocycles. The monoisotopic (exact) mass is 695 g/mol.